The van der Waals surface area contributed by atoms with Gasteiger partial charge in [-0.2, -0.15) is 0 Å². The number of nitrogens with zero attached hydrogens (tertiary/aromatic N) is 1. The molecule has 0 amide bonds. The molecule has 1 nitrogen and oxygen atoms in total. The van der Waals surface area contributed by atoms with Gasteiger partial charge in [-0.3, -0.25) is 0 Å². The molecule has 0 atom stereocenters. The summed E-state index contributed by atoms with van der Waals surface area (Å²) in [5.74, 6) is 0. The van der Waals surface area contributed by atoms with Crippen LogP contribution in [0.1, 0.15) is 0 Å². The second-order valence-electron chi connectivity index (χ2n) is 15.3. The minimum atomic E-state index is 1.09. The average molecular weight is 750 g/mol. The lowest BCUT2D eigenvalue weighted by Crippen LogP contribution is -2.10. The molecule has 0 saturated carbocycles. The van der Waals surface area contributed by atoms with Crippen LogP contribution in [0.15, 0.2) is 237 Å². The molecule has 59 heavy (non-hydrogen) atoms. The van der Waals surface area contributed by atoms with E-state index in [0.29, 0.717) is 0 Å². The third kappa shape index (κ3) is 6.30. The summed E-state index contributed by atoms with van der Waals surface area (Å²) in [6.07, 6.45) is 0. The summed E-state index contributed by atoms with van der Waals surface area (Å²) in [5.41, 5.74) is 12.9. The highest BCUT2D eigenvalue weighted by Gasteiger charge is 2.17. The molecule has 0 aliphatic heterocycles. The number of rotatable bonds is 7. The van der Waals surface area contributed by atoms with E-state index < -0.39 is 0 Å². The zero-order valence-electron chi connectivity index (χ0n) is 32.5. The molecule has 0 saturated heterocycles. The first-order valence-corrected chi connectivity index (χ1v) is 20.3. The molecule has 0 fully saturated rings. The van der Waals surface area contributed by atoms with E-state index in [-0.39, 0.29) is 0 Å². The third-order valence-corrected chi connectivity index (χ3v) is 11.8. The maximum atomic E-state index is 2.40. The number of fused-ring (bicyclic) bond motifs is 6. The highest BCUT2D eigenvalue weighted by Crippen LogP contribution is 2.42. The van der Waals surface area contributed by atoms with Crippen LogP contribution in [0.3, 0.4) is 0 Å². The maximum absolute atomic E-state index is 2.40. The van der Waals surface area contributed by atoms with Gasteiger partial charge in [0, 0.05) is 17.1 Å². The van der Waals surface area contributed by atoms with Crippen LogP contribution in [-0.4, -0.2) is 0 Å². The van der Waals surface area contributed by atoms with E-state index in [1.54, 1.807) is 0 Å². The molecule has 0 aliphatic carbocycles. The molecule has 0 radical (unpaired) electrons. The van der Waals surface area contributed by atoms with Crippen molar-refractivity contribution in [1.82, 2.24) is 0 Å². The van der Waals surface area contributed by atoms with Crippen molar-refractivity contribution in [1.29, 1.82) is 0 Å². The van der Waals surface area contributed by atoms with Crippen molar-refractivity contribution in [3.05, 3.63) is 237 Å². The molecular formula is C58H39N. The van der Waals surface area contributed by atoms with Crippen molar-refractivity contribution < 1.29 is 0 Å². The van der Waals surface area contributed by atoms with Crippen molar-refractivity contribution in [2.75, 3.05) is 4.90 Å². The Morgan fingerprint density at radius 3 is 1.41 bits per heavy atom. The standard InChI is InChI=1S/C58H39N/c1-2-14-40(15-3-1)51-22-8-9-23-52(51)42-32-34-48(35-33-42)59(49-20-12-18-44(36-49)45-31-30-43-29-28-41-16-4-6-24-53(41)57(43)38-45)50-21-13-19-46(37-50)58-39-47-17-5-7-25-54(47)55-26-10-11-27-56(55)58/h1-39H. The molecule has 1 heteroatoms. The molecule has 11 rings (SSSR count). The van der Waals surface area contributed by atoms with E-state index in [4.69, 9.17) is 0 Å². The van der Waals surface area contributed by atoms with Crippen LogP contribution >= 0.6 is 0 Å². The lowest BCUT2D eigenvalue weighted by Gasteiger charge is -2.27. The zero-order chi connectivity index (χ0) is 39.1. The quantitative estimate of drug-likeness (QED) is 0.147. The summed E-state index contributed by atoms with van der Waals surface area (Å²) in [5, 5.41) is 10.1. The SMILES string of the molecule is c1ccc(-c2ccccc2-c2ccc(N(c3cccc(-c4ccc5ccc6ccccc6c5c4)c3)c3cccc(-c4cc5ccccc5c5ccccc45)c3)cc2)cc1. The third-order valence-electron chi connectivity index (χ3n) is 11.8. The lowest BCUT2D eigenvalue weighted by atomic mass is 9.93. The highest BCUT2D eigenvalue weighted by molar-refractivity contribution is 6.14. The van der Waals surface area contributed by atoms with Crippen molar-refractivity contribution >= 4 is 60.2 Å². The molecule has 0 unspecified atom stereocenters. The fourth-order valence-corrected chi connectivity index (χ4v) is 8.95. The van der Waals surface area contributed by atoms with Crippen LogP contribution in [-0.2, 0) is 0 Å². The van der Waals surface area contributed by atoms with E-state index in [0.717, 1.165) is 17.1 Å². The van der Waals surface area contributed by atoms with E-state index >= 15 is 0 Å². The van der Waals surface area contributed by atoms with Crippen LogP contribution < -0.4 is 4.90 Å². The van der Waals surface area contributed by atoms with E-state index in [9.17, 15) is 0 Å². The summed E-state index contributed by atoms with van der Waals surface area (Å²) in [6.45, 7) is 0. The topological polar surface area (TPSA) is 3.24 Å². The first kappa shape index (κ1) is 34.5. The Hall–Kier alpha value is -7.74. The Kier molecular flexibility index (Phi) is 8.56. The predicted octanol–water partition coefficient (Wildman–Crippen LogP) is 16.4. The summed E-state index contributed by atoms with van der Waals surface area (Å²) >= 11 is 0. The van der Waals surface area contributed by atoms with Gasteiger partial charge in [-0.1, -0.05) is 188 Å². The summed E-state index contributed by atoms with van der Waals surface area (Å²) < 4.78 is 0. The van der Waals surface area contributed by atoms with Crippen LogP contribution in [0.4, 0.5) is 17.1 Å². The zero-order valence-corrected chi connectivity index (χ0v) is 32.5. The highest BCUT2D eigenvalue weighted by atomic mass is 15.1. The molecule has 11 aromatic carbocycles. The monoisotopic (exact) mass is 749 g/mol. The van der Waals surface area contributed by atoms with Gasteiger partial charge in [-0.15, -0.1) is 0 Å². The van der Waals surface area contributed by atoms with Crippen molar-refractivity contribution in [2.24, 2.45) is 0 Å². The van der Waals surface area contributed by atoms with E-state index in [2.05, 4.69) is 241 Å². The van der Waals surface area contributed by atoms with Gasteiger partial charge in [0.2, 0.25) is 0 Å². The molecule has 0 aromatic heterocycles. The smallest absolute Gasteiger partial charge is 0.0467 e. The van der Waals surface area contributed by atoms with Crippen molar-refractivity contribution in [2.45, 2.75) is 0 Å². The van der Waals surface area contributed by atoms with Crippen molar-refractivity contribution in [3.8, 4) is 44.5 Å². The number of hydrogen-bond acceptors (Lipinski definition) is 1. The fourth-order valence-electron chi connectivity index (χ4n) is 8.95. The Balaban J connectivity index is 1.06. The average Bonchev–Trinajstić information content (AvgIpc) is 3.32. The van der Waals surface area contributed by atoms with Gasteiger partial charge in [-0.25, -0.2) is 0 Å². The molecule has 0 heterocycles. The molecule has 0 bridgehead atoms. The van der Waals surface area contributed by atoms with Gasteiger partial charge >= 0.3 is 0 Å². The summed E-state index contributed by atoms with van der Waals surface area (Å²) in [6, 6.07) is 86.3. The number of anilines is 3. The van der Waals surface area contributed by atoms with E-state index in [1.807, 2.05) is 0 Å². The Morgan fingerprint density at radius 2 is 0.678 bits per heavy atom. The van der Waals surface area contributed by atoms with Crippen LogP contribution in [0, 0.1) is 0 Å². The predicted molar refractivity (Wildman–Crippen MR) is 253 cm³/mol. The van der Waals surface area contributed by atoms with Gasteiger partial charge in [-0.05, 0) is 136 Å². The second kappa shape index (κ2) is 14.6. The Morgan fingerprint density at radius 1 is 0.203 bits per heavy atom. The van der Waals surface area contributed by atoms with Gasteiger partial charge in [0.25, 0.3) is 0 Å². The number of hydrogen-bond donors (Lipinski definition) is 0. The first-order chi connectivity index (χ1) is 29.2. The van der Waals surface area contributed by atoms with Crippen molar-refractivity contribution in [3.63, 3.8) is 0 Å². The van der Waals surface area contributed by atoms with E-state index in [1.165, 1.54) is 87.6 Å². The largest absolute Gasteiger partial charge is 0.310 e. The fraction of sp³-hybridized carbons (Fsp3) is 0. The van der Waals surface area contributed by atoms with Crippen LogP contribution in [0.5, 0.6) is 0 Å². The second-order valence-corrected chi connectivity index (χ2v) is 15.3. The summed E-state index contributed by atoms with van der Waals surface area (Å²) in [4.78, 5) is 2.40. The Labute approximate surface area is 344 Å². The molecule has 276 valence electrons. The lowest BCUT2D eigenvalue weighted by molar-refractivity contribution is 1.28. The van der Waals surface area contributed by atoms with Crippen LogP contribution in [0.2, 0.25) is 0 Å². The molecule has 11 aromatic rings. The van der Waals surface area contributed by atoms with Gasteiger partial charge in [0.1, 0.15) is 0 Å². The van der Waals surface area contributed by atoms with Gasteiger partial charge in [0.15, 0.2) is 0 Å². The normalized spacial score (nSPS) is 11.4. The molecule has 0 spiro atoms. The maximum Gasteiger partial charge on any atom is 0.0467 e. The number of benzene rings is 11. The Bertz CT molecular complexity index is 3320. The van der Waals surface area contributed by atoms with Gasteiger partial charge in [0.05, 0.1) is 0 Å². The molecule has 0 N–H and O–H groups in total. The molecular weight excluding hydrogens is 711 g/mol. The minimum Gasteiger partial charge on any atom is -0.310 e. The summed E-state index contributed by atoms with van der Waals surface area (Å²) in [7, 11) is 0. The first-order valence-electron chi connectivity index (χ1n) is 20.3. The van der Waals surface area contributed by atoms with Gasteiger partial charge < -0.3 is 4.90 Å². The van der Waals surface area contributed by atoms with Crippen LogP contribution in [0.25, 0.3) is 87.6 Å². The minimum absolute atomic E-state index is 1.09. The molecule has 0 aliphatic rings.